The maximum absolute atomic E-state index is 12.7. The number of carbonyl (C=O) groups is 1. The highest BCUT2D eigenvalue weighted by molar-refractivity contribution is 6.32. The molecule has 1 N–H and O–H groups in total. The Balaban J connectivity index is 2.04. The van der Waals surface area contributed by atoms with Crippen LogP contribution in [0, 0.1) is 0 Å². The molecule has 0 saturated carbocycles. The first-order chi connectivity index (χ1) is 12.0. The van der Waals surface area contributed by atoms with Crippen LogP contribution in [0.15, 0.2) is 47.3 Å². The van der Waals surface area contributed by atoms with Crippen LogP contribution in [0.2, 0.25) is 5.02 Å². The molecule has 0 fully saturated rings. The fraction of sp³-hybridized carbons (Fsp3) is 0.167. The van der Waals surface area contributed by atoms with Crippen LogP contribution in [0.5, 0.6) is 5.75 Å². The van der Waals surface area contributed by atoms with E-state index < -0.39 is 5.91 Å². The minimum absolute atomic E-state index is 0.184. The number of amides is 1. The van der Waals surface area contributed by atoms with Gasteiger partial charge in [-0.25, -0.2) is 4.68 Å². The third-order valence-corrected chi connectivity index (χ3v) is 4.09. The van der Waals surface area contributed by atoms with Gasteiger partial charge in [0, 0.05) is 17.6 Å². The second-order valence-corrected chi connectivity index (χ2v) is 5.73. The maximum Gasteiger partial charge on any atom is 0.276 e. The Morgan fingerprint density at radius 2 is 1.96 bits per heavy atom. The molecule has 0 unspecified atom stereocenters. The van der Waals surface area contributed by atoms with Crippen LogP contribution in [0.4, 0.5) is 5.69 Å². The maximum atomic E-state index is 12.7. The zero-order chi connectivity index (χ0) is 18.0. The van der Waals surface area contributed by atoms with Crippen molar-refractivity contribution in [2.24, 2.45) is 0 Å². The standard InChI is InChI=1S/C18H16ClN3O3/c1-3-22-18(24)13-7-5-4-6-12(13)16(21-22)17(23)20-11-8-9-15(25-2)14(19)10-11/h4-10H,3H2,1-2H3,(H,20,23). The molecule has 128 valence electrons. The molecule has 0 spiro atoms. The fourth-order valence-corrected chi connectivity index (χ4v) is 2.81. The number of methoxy groups -OCH3 is 1. The van der Waals surface area contributed by atoms with E-state index in [9.17, 15) is 9.59 Å². The van der Waals surface area contributed by atoms with E-state index in [0.717, 1.165) is 0 Å². The van der Waals surface area contributed by atoms with Gasteiger partial charge in [0.1, 0.15) is 5.75 Å². The topological polar surface area (TPSA) is 73.2 Å². The molecule has 0 aliphatic carbocycles. The van der Waals surface area contributed by atoms with Gasteiger partial charge in [-0.05, 0) is 31.2 Å². The average Bonchev–Trinajstić information content (AvgIpc) is 2.62. The molecule has 25 heavy (non-hydrogen) atoms. The number of nitrogens with one attached hydrogen (secondary N) is 1. The minimum Gasteiger partial charge on any atom is -0.495 e. The largest absolute Gasteiger partial charge is 0.495 e. The average molecular weight is 358 g/mol. The van der Waals surface area contributed by atoms with E-state index in [2.05, 4.69) is 10.4 Å². The van der Waals surface area contributed by atoms with Crippen LogP contribution in [0.25, 0.3) is 10.8 Å². The quantitative estimate of drug-likeness (QED) is 0.777. The first-order valence-electron chi connectivity index (χ1n) is 7.70. The van der Waals surface area contributed by atoms with Crippen LogP contribution in [-0.4, -0.2) is 22.8 Å². The van der Waals surface area contributed by atoms with Crippen molar-refractivity contribution >= 4 is 34.0 Å². The lowest BCUT2D eigenvalue weighted by Crippen LogP contribution is -2.27. The highest BCUT2D eigenvalue weighted by atomic mass is 35.5. The molecule has 0 atom stereocenters. The third kappa shape index (κ3) is 3.21. The summed E-state index contributed by atoms with van der Waals surface area (Å²) in [5.41, 5.74) is 0.474. The normalized spacial score (nSPS) is 10.7. The predicted octanol–water partition coefficient (Wildman–Crippen LogP) is 3.33. The van der Waals surface area contributed by atoms with Crippen LogP contribution < -0.4 is 15.6 Å². The van der Waals surface area contributed by atoms with E-state index in [0.29, 0.717) is 33.8 Å². The van der Waals surface area contributed by atoms with E-state index in [-0.39, 0.29) is 11.3 Å². The molecule has 6 nitrogen and oxygen atoms in total. The Bertz CT molecular complexity index is 1010. The Morgan fingerprint density at radius 3 is 2.60 bits per heavy atom. The van der Waals surface area contributed by atoms with E-state index in [1.165, 1.54) is 11.8 Å². The highest BCUT2D eigenvalue weighted by Crippen LogP contribution is 2.27. The van der Waals surface area contributed by atoms with Crippen molar-refractivity contribution in [1.82, 2.24) is 9.78 Å². The van der Waals surface area contributed by atoms with Crippen LogP contribution in [0.3, 0.4) is 0 Å². The summed E-state index contributed by atoms with van der Waals surface area (Å²) in [7, 11) is 1.52. The van der Waals surface area contributed by atoms with Gasteiger partial charge in [0.25, 0.3) is 11.5 Å². The zero-order valence-corrected chi connectivity index (χ0v) is 14.5. The molecule has 3 aromatic rings. The fourth-order valence-electron chi connectivity index (χ4n) is 2.55. The van der Waals surface area contributed by atoms with Crippen LogP contribution in [0.1, 0.15) is 17.4 Å². The van der Waals surface area contributed by atoms with Crippen molar-refractivity contribution in [2.45, 2.75) is 13.5 Å². The third-order valence-electron chi connectivity index (χ3n) is 3.79. The highest BCUT2D eigenvalue weighted by Gasteiger charge is 2.16. The molecule has 0 saturated heterocycles. The number of carbonyl (C=O) groups excluding carboxylic acids is 1. The summed E-state index contributed by atoms with van der Waals surface area (Å²) in [5.74, 6) is 0.0995. The van der Waals surface area contributed by atoms with Crippen LogP contribution >= 0.6 is 11.6 Å². The minimum atomic E-state index is -0.417. The van der Waals surface area contributed by atoms with E-state index >= 15 is 0 Å². The van der Waals surface area contributed by atoms with Gasteiger partial charge >= 0.3 is 0 Å². The Kier molecular flexibility index (Phi) is 4.72. The van der Waals surface area contributed by atoms with Gasteiger partial charge < -0.3 is 10.1 Å². The number of fused-ring (bicyclic) bond motifs is 1. The van der Waals surface area contributed by atoms with Crippen molar-refractivity contribution in [3.05, 3.63) is 63.5 Å². The SMILES string of the molecule is CCn1nc(C(=O)Nc2ccc(OC)c(Cl)c2)c2ccccc2c1=O. The molecule has 1 heterocycles. The smallest absolute Gasteiger partial charge is 0.276 e. The summed E-state index contributed by atoms with van der Waals surface area (Å²) >= 11 is 6.09. The van der Waals surface area contributed by atoms with Crippen molar-refractivity contribution in [3.63, 3.8) is 0 Å². The Labute approximate surface area is 149 Å². The van der Waals surface area contributed by atoms with Gasteiger partial charge in [0.05, 0.1) is 17.5 Å². The lowest BCUT2D eigenvalue weighted by Gasteiger charge is -2.11. The lowest BCUT2D eigenvalue weighted by atomic mass is 10.1. The van der Waals surface area contributed by atoms with Crippen molar-refractivity contribution in [1.29, 1.82) is 0 Å². The van der Waals surface area contributed by atoms with Crippen molar-refractivity contribution in [3.8, 4) is 5.75 Å². The van der Waals surface area contributed by atoms with E-state index in [1.807, 2.05) is 0 Å². The van der Waals surface area contributed by atoms with E-state index in [4.69, 9.17) is 16.3 Å². The lowest BCUT2D eigenvalue weighted by molar-refractivity contribution is 0.102. The molecule has 0 aliphatic heterocycles. The van der Waals surface area contributed by atoms with Crippen LogP contribution in [-0.2, 0) is 6.54 Å². The number of rotatable bonds is 4. The van der Waals surface area contributed by atoms with Gasteiger partial charge in [-0.15, -0.1) is 0 Å². The van der Waals surface area contributed by atoms with Gasteiger partial charge in [0.2, 0.25) is 0 Å². The predicted molar refractivity (Wildman–Crippen MR) is 97.6 cm³/mol. The molecule has 2 aromatic carbocycles. The molecule has 0 aliphatic rings. The van der Waals surface area contributed by atoms with Gasteiger partial charge in [-0.2, -0.15) is 5.10 Å². The number of halogens is 1. The monoisotopic (exact) mass is 357 g/mol. The number of ether oxygens (including phenoxy) is 1. The number of hydrogen-bond donors (Lipinski definition) is 1. The van der Waals surface area contributed by atoms with Crippen molar-refractivity contribution < 1.29 is 9.53 Å². The van der Waals surface area contributed by atoms with Gasteiger partial charge in [-0.3, -0.25) is 9.59 Å². The molecule has 1 aromatic heterocycles. The van der Waals surface area contributed by atoms with Gasteiger partial charge in [0.15, 0.2) is 5.69 Å². The number of aromatic nitrogens is 2. The molecule has 3 rings (SSSR count). The summed E-state index contributed by atoms with van der Waals surface area (Å²) in [6, 6.07) is 11.9. The first-order valence-corrected chi connectivity index (χ1v) is 8.07. The summed E-state index contributed by atoms with van der Waals surface area (Å²) in [6.45, 7) is 2.17. The van der Waals surface area contributed by atoms with Gasteiger partial charge in [-0.1, -0.05) is 29.8 Å². The molecule has 0 radical (unpaired) electrons. The summed E-state index contributed by atoms with van der Waals surface area (Å²) in [4.78, 5) is 25.1. The van der Waals surface area contributed by atoms with E-state index in [1.54, 1.807) is 49.4 Å². The Morgan fingerprint density at radius 1 is 1.24 bits per heavy atom. The summed E-state index contributed by atoms with van der Waals surface area (Å²) in [5, 5.41) is 8.31. The summed E-state index contributed by atoms with van der Waals surface area (Å²) in [6.07, 6.45) is 0. The number of hydrogen-bond acceptors (Lipinski definition) is 4. The molecule has 1 amide bonds. The first kappa shape index (κ1) is 17.0. The Hall–Kier alpha value is -2.86. The number of nitrogens with zero attached hydrogens (tertiary/aromatic N) is 2. The zero-order valence-electron chi connectivity index (χ0n) is 13.7. The number of anilines is 1. The molecular weight excluding hydrogens is 342 g/mol. The molecular formula is C18H16ClN3O3. The molecule has 0 bridgehead atoms. The molecule has 7 heteroatoms. The number of benzene rings is 2. The summed E-state index contributed by atoms with van der Waals surface area (Å²) < 4.78 is 6.37. The van der Waals surface area contributed by atoms with Crippen molar-refractivity contribution in [2.75, 3.05) is 12.4 Å². The second kappa shape index (κ2) is 6.94. The number of aryl methyl sites for hydroxylation is 1. The second-order valence-electron chi connectivity index (χ2n) is 5.32.